The molecule has 0 spiro atoms. The molecule has 18 heavy (non-hydrogen) atoms. The highest BCUT2D eigenvalue weighted by molar-refractivity contribution is 5.90. The fourth-order valence-corrected chi connectivity index (χ4v) is 1.68. The average molecular weight is 245 g/mol. The minimum atomic E-state index is -0.549. The number of hydrogen-bond donors (Lipinski definition) is 2. The Morgan fingerprint density at radius 2 is 2.06 bits per heavy atom. The second kappa shape index (κ2) is 5.01. The van der Waals surface area contributed by atoms with E-state index in [4.69, 9.17) is 5.73 Å². The molecule has 1 aromatic heterocycles. The molecule has 1 heterocycles. The zero-order chi connectivity index (χ0) is 13.1. The van der Waals surface area contributed by atoms with Crippen LogP contribution in [0, 0.1) is 0 Å². The van der Waals surface area contributed by atoms with Gasteiger partial charge in [0.15, 0.2) is 0 Å². The Morgan fingerprint density at radius 3 is 2.56 bits per heavy atom. The number of benzene rings is 1. The zero-order valence-electron chi connectivity index (χ0n) is 10.1. The molecule has 1 atom stereocenters. The first kappa shape index (κ1) is 12.3. The van der Waals surface area contributed by atoms with Gasteiger partial charge in [-0.1, -0.05) is 19.1 Å². The van der Waals surface area contributed by atoms with Crippen LogP contribution in [0.25, 0.3) is 5.69 Å². The van der Waals surface area contributed by atoms with Crippen molar-refractivity contribution >= 4 is 5.91 Å². The van der Waals surface area contributed by atoms with Crippen molar-refractivity contribution in [3.63, 3.8) is 0 Å². The van der Waals surface area contributed by atoms with Crippen molar-refractivity contribution in [2.24, 2.45) is 5.73 Å². The zero-order valence-corrected chi connectivity index (χ0v) is 10.1. The molecule has 0 aliphatic heterocycles. The molecule has 2 rings (SSSR count). The highest BCUT2D eigenvalue weighted by atomic mass is 16.3. The minimum absolute atomic E-state index is 0.229. The largest absolute Gasteiger partial charge is 0.388 e. The van der Waals surface area contributed by atoms with Gasteiger partial charge in [-0.2, -0.15) is 5.10 Å². The summed E-state index contributed by atoms with van der Waals surface area (Å²) >= 11 is 0. The second-order valence-electron chi connectivity index (χ2n) is 4.03. The summed E-state index contributed by atoms with van der Waals surface area (Å²) in [6.07, 6.45) is 1.90. The number of rotatable bonds is 4. The van der Waals surface area contributed by atoms with Crippen molar-refractivity contribution in [2.45, 2.75) is 19.4 Å². The average Bonchev–Trinajstić information content (AvgIpc) is 2.88. The SMILES string of the molecule is CC[C@H](O)c1ccc(-n2ccc(C(N)=O)n2)cc1. The maximum absolute atomic E-state index is 10.9. The smallest absolute Gasteiger partial charge is 0.269 e. The van der Waals surface area contributed by atoms with Gasteiger partial charge in [0.2, 0.25) is 0 Å². The monoisotopic (exact) mass is 245 g/mol. The van der Waals surface area contributed by atoms with Crippen molar-refractivity contribution in [1.29, 1.82) is 0 Å². The van der Waals surface area contributed by atoms with E-state index in [0.717, 1.165) is 11.3 Å². The number of carbonyl (C=O) groups excluding carboxylic acids is 1. The topological polar surface area (TPSA) is 81.1 Å². The lowest BCUT2D eigenvalue weighted by atomic mass is 10.1. The van der Waals surface area contributed by atoms with Gasteiger partial charge in [-0.05, 0) is 30.2 Å². The fraction of sp³-hybridized carbons (Fsp3) is 0.231. The molecule has 1 amide bonds. The third-order valence-corrected chi connectivity index (χ3v) is 2.77. The number of aliphatic hydroxyl groups is 1. The molecule has 0 fully saturated rings. The molecule has 0 saturated heterocycles. The molecular weight excluding hydrogens is 230 g/mol. The van der Waals surface area contributed by atoms with Crippen LogP contribution in [0.4, 0.5) is 0 Å². The predicted octanol–water partition coefficient (Wildman–Crippen LogP) is 1.41. The normalized spacial score (nSPS) is 12.3. The lowest BCUT2D eigenvalue weighted by molar-refractivity contribution is 0.0995. The molecule has 0 radical (unpaired) electrons. The molecule has 1 aromatic carbocycles. The highest BCUT2D eigenvalue weighted by Crippen LogP contribution is 2.18. The lowest BCUT2D eigenvalue weighted by Gasteiger charge is -2.08. The van der Waals surface area contributed by atoms with E-state index >= 15 is 0 Å². The van der Waals surface area contributed by atoms with Gasteiger partial charge in [0, 0.05) is 6.20 Å². The van der Waals surface area contributed by atoms with E-state index in [-0.39, 0.29) is 5.69 Å². The van der Waals surface area contributed by atoms with Crippen LogP contribution in [0.3, 0.4) is 0 Å². The summed E-state index contributed by atoms with van der Waals surface area (Å²) in [5.74, 6) is -0.549. The van der Waals surface area contributed by atoms with Gasteiger partial charge in [0.1, 0.15) is 5.69 Å². The second-order valence-corrected chi connectivity index (χ2v) is 4.03. The van der Waals surface area contributed by atoms with E-state index in [1.54, 1.807) is 16.9 Å². The summed E-state index contributed by atoms with van der Waals surface area (Å²) in [5, 5.41) is 13.7. The van der Waals surface area contributed by atoms with Crippen LogP contribution >= 0.6 is 0 Å². The predicted molar refractivity (Wildman–Crippen MR) is 67.3 cm³/mol. The molecule has 2 aromatic rings. The number of aromatic nitrogens is 2. The number of aliphatic hydroxyl groups excluding tert-OH is 1. The van der Waals surface area contributed by atoms with Crippen LogP contribution in [0.1, 0.15) is 35.5 Å². The van der Waals surface area contributed by atoms with Crippen molar-refractivity contribution in [3.05, 3.63) is 47.8 Å². The lowest BCUT2D eigenvalue weighted by Crippen LogP contribution is -2.12. The van der Waals surface area contributed by atoms with E-state index in [1.807, 2.05) is 31.2 Å². The Hall–Kier alpha value is -2.14. The summed E-state index contributed by atoms with van der Waals surface area (Å²) in [4.78, 5) is 10.9. The van der Waals surface area contributed by atoms with E-state index in [0.29, 0.717) is 6.42 Å². The molecule has 0 saturated carbocycles. The summed E-state index contributed by atoms with van der Waals surface area (Å²) in [6.45, 7) is 1.92. The maximum Gasteiger partial charge on any atom is 0.269 e. The van der Waals surface area contributed by atoms with E-state index in [1.165, 1.54) is 0 Å². The summed E-state index contributed by atoms with van der Waals surface area (Å²) < 4.78 is 1.57. The molecule has 0 unspecified atom stereocenters. The molecule has 0 aliphatic carbocycles. The van der Waals surface area contributed by atoms with E-state index in [9.17, 15) is 9.90 Å². The summed E-state index contributed by atoms with van der Waals surface area (Å²) in [7, 11) is 0. The van der Waals surface area contributed by atoms with Crippen LogP contribution in [-0.2, 0) is 0 Å². The van der Waals surface area contributed by atoms with Gasteiger partial charge < -0.3 is 10.8 Å². The number of carbonyl (C=O) groups is 1. The summed E-state index contributed by atoms with van der Waals surface area (Å²) in [5.41, 5.74) is 7.05. The van der Waals surface area contributed by atoms with Crippen LogP contribution in [0.2, 0.25) is 0 Å². The Labute approximate surface area is 105 Å². The highest BCUT2D eigenvalue weighted by Gasteiger charge is 2.07. The van der Waals surface area contributed by atoms with Crippen LogP contribution in [0.5, 0.6) is 0 Å². The third kappa shape index (κ3) is 2.41. The summed E-state index contributed by atoms with van der Waals surface area (Å²) in [6, 6.07) is 8.93. The molecule has 5 nitrogen and oxygen atoms in total. The van der Waals surface area contributed by atoms with Crippen molar-refractivity contribution in [3.8, 4) is 5.69 Å². The first-order chi connectivity index (χ1) is 8.61. The van der Waals surface area contributed by atoms with Gasteiger partial charge in [0.25, 0.3) is 5.91 Å². The molecule has 94 valence electrons. The van der Waals surface area contributed by atoms with Crippen LogP contribution in [0.15, 0.2) is 36.5 Å². The Balaban J connectivity index is 2.25. The van der Waals surface area contributed by atoms with E-state index in [2.05, 4.69) is 5.10 Å². The number of amides is 1. The van der Waals surface area contributed by atoms with Gasteiger partial charge in [0.05, 0.1) is 11.8 Å². The quantitative estimate of drug-likeness (QED) is 0.854. The number of hydrogen-bond acceptors (Lipinski definition) is 3. The molecule has 0 aliphatic rings. The molecular formula is C13H15N3O2. The molecule has 3 N–H and O–H groups in total. The Kier molecular flexibility index (Phi) is 3.43. The van der Waals surface area contributed by atoms with Gasteiger partial charge in [-0.15, -0.1) is 0 Å². The number of nitrogens with zero attached hydrogens (tertiary/aromatic N) is 2. The third-order valence-electron chi connectivity index (χ3n) is 2.77. The van der Waals surface area contributed by atoms with Gasteiger partial charge in [-0.25, -0.2) is 4.68 Å². The minimum Gasteiger partial charge on any atom is -0.388 e. The fourth-order valence-electron chi connectivity index (χ4n) is 1.68. The van der Waals surface area contributed by atoms with Gasteiger partial charge >= 0.3 is 0 Å². The Bertz CT molecular complexity index is 546. The van der Waals surface area contributed by atoms with E-state index < -0.39 is 12.0 Å². The van der Waals surface area contributed by atoms with Crippen molar-refractivity contribution in [1.82, 2.24) is 9.78 Å². The van der Waals surface area contributed by atoms with Crippen molar-refractivity contribution in [2.75, 3.05) is 0 Å². The molecule has 5 heteroatoms. The number of nitrogens with two attached hydrogens (primary N) is 1. The number of primary amides is 1. The molecule has 0 bridgehead atoms. The first-order valence-corrected chi connectivity index (χ1v) is 5.75. The van der Waals surface area contributed by atoms with Crippen LogP contribution in [-0.4, -0.2) is 20.8 Å². The Morgan fingerprint density at radius 1 is 1.39 bits per heavy atom. The standard InChI is InChI=1S/C13H15N3O2/c1-2-12(17)9-3-5-10(6-4-9)16-8-7-11(15-16)13(14)18/h3-8,12,17H,2H2,1H3,(H2,14,18)/t12-/m0/s1. The first-order valence-electron chi connectivity index (χ1n) is 5.75. The van der Waals surface area contributed by atoms with Gasteiger partial charge in [-0.3, -0.25) is 4.79 Å². The van der Waals surface area contributed by atoms with Crippen molar-refractivity contribution < 1.29 is 9.90 Å². The maximum atomic E-state index is 10.9. The van der Waals surface area contributed by atoms with Crippen LogP contribution < -0.4 is 5.73 Å².